The Morgan fingerprint density at radius 2 is 2.08 bits per heavy atom. The molecule has 1 aliphatic heterocycles. The number of β-amino-alcohol motifs (C(OH)–C–C–N with tert-alkyl or cyclic N) is 1. The van der Waals surface area contributed by atoms with E-state index in [0.717, 1.165) is 18.7 Å². The molecule has 1 atom stereocenters. The molecule has 0 aromatic carbocycles. The van der Waals surface area contributed by atoms with Gasteiger partial charge in [-0.1, -0.05) is 6.92 Å². The molecule has 1 aliphatic rings. The zero-order chi connectivity index (χ0) is 18.7. The molecule has 1 fully saturated rings. The molecular formula is C18H26N6O2. The molecule has 1 saturated heterocycles. The topological polar surface area (TPSA) is 96.2 Å². The van der Waals surface area contributed by atoms with E-state index in [-0.39, 0.29) is 12.5 Å². The van der Waals surface area contributed by atoms with Gasteiger partial charge in [-0.25, -0.2) is 9.97 Å². The summed E-state index contributed by atoms with van der Waals surface area (Å²) in [4.78, 5) is 23.0. The number of aromatic nitrogens is 4. The van der Waals surface area contributed by atoms with Crippen molar-refractivity contribution in [2.45, 2.75) is 45.8 Å². The number of rotatable bonds is 6. The first-order valence-corrected chi connectivity index (χ1v) is 9.00. The van der Waals surface area contributed by atoms with Crippen LogP contribution in [0, 0.1) is 13.8 Å². The third kappa shape index (κ3) is 3.70. The lowest BCUT2D eigenvalue weighted by molar-refractivity contribution is 0.0575. The molecule has 0 spiro atoms. The molecule has 2 aromatic rings. The van der Waals surface area contributed by atoms with Crippen LogP contribution in [-0.4, -0.2) is 56.0 Å². The fraction of sp³-hybridized carbons (Fsp3) is 0.556. The maximum atomic E-state index is 12.6. The number of aliphatic hydroxyl groups is 1. The van der Waals surface area contributed by atoms with E-state index in [4.69, 9.17) is 0 Å². The molecule has 0 unspecified atom stereocenters. The van der Waals surface area contributed by atoms with Crippen molar-refractivity contribution in [1.29, 1.82) is 0 Å². The number of amides is 1. The first-order chi connectivity index (χ1) is 12.4. The molecule has 8 heteroatoms. The number of carbonyl (C=O) groups excluding carboxylic acids is 1. The van der Waals surface area contributed by atoms with Gasteiger partial charge in [0, 0.05) is 37.7 Å². The molecule has 0 aliphatic carbocycles. The van der Waals surface area contributed by atoms with E-state index in [9.17, 15) is 9.90 Å². The van der Waals surface area contributed by atoms with Gasteiger partial charge in [-0.2, -0.15) is 5.10 Å². The van der Waals surface area contributed by atoms with Crippen LogP contribution in [0.2, 0.25) is 0 Å². The Hall–Kier alpha value is -2.48. The van der Waals surface area contributed by atoms with Crippen molar-refractivity contribution in [3.63, 3.8) is 0 Å². The predicted molar refractivity (Wildman–Crippen MR) is 98.1 cm³/mol. The second kappa shape index (κ2) is 7.41. The normalized spacial score (nSPS) is 19.8. The van der Waals surface area contributed by atoms with E-state index in [1.54, 1.807) is 18.5 Å². The Morgan fingerprint density at radius 1 is 1.35 bits per heavy atom. The summed E-state index contributed by atoms with van der Waals surface area (Å²) in [7, 11) is 0. The maximum Gasteiger partial charge on any atom is 0.255 e. The molecule has 2 N–H and O–H groups in total. The molecule has 0 saturated carbocycles. The Balaban J connectivity index is 1.63. The Labute approximate surface area is 153 Å². The molecule has 140 valence electrons. The lowest BCUT2D eigenvalue weighted by Crippen LogP contribution is -2.45. The van der Waals surface area contributed by atoms with Crippen LogP contribution in [0.4, 0.5) is 5.95 Å². The van der Waals surface area contributed by atoms with Crippen LogP contribution in [0.1, 0.15) is 41.5 Å². The van der Waals surface area contributed by atoms with Crippen LogP contribution in [-0.2, 0) is 6.54 Å². The van der Waals surface area contributed by atoms with Crippen LogP contribution in [0.3, 0.4) is 0 Å². The number of aryl methyl sites for hydroxylation is 2. The quantitative estimate of drug-likeness (QED) is 0.802. The van der Waals surface area contributed by atoms with Gasteiger partial charge in [0.1, 0.15) is 5.60 Å². The van der Waals surface area contributed by atoms with Gasteiger partial charge in [0.2, 0.25) is 5.95 Å². The average Bonchev–Trinajstić information content (AvgIpc) is 3.15. The highest BCUT2D eigenvalue weighted by Gasteiger charge is 2.37. The van der Waals surface area contributed by atoms with Crippen molar-refractivity contribution in [3.8, 4) is 0 Å². The maximum absolute atomic E-state index is 12.6. The van der Waals surface area contributed by atoms with Crippen molar-refractivity contribution in [3.05, 3.63) is 35.4 Å². The monoisotopic (exact) mass is 358 g/mol. The lowest BCUT2D eigenvalue weighted by atomic mass is 10.0. The number of nitrogens with one attached hydrogen (secondary N) is 1. The Kier molecular flexibility index (Phi) is 5.22. The van der Waals surface area contributed by atoms with Gasteiger partial charge < -0.3 is 15.3 Å². The third-order valence-corrected chi connectivity index (χ3v) is 4.79. The fourth-order valence-corrected chi connectivity index (χ4v) is 3.41. The minimum atomic E-state index is -0.990. The molecule has 0 bridgehead atoms. The summed E-state index contributed by atoms with van der Waals surface area (Å²) in [5.41, 5.74) is 1.19. The second-order valence-corrected chi connectivity index (χ2v) is 6.90. The van der Waals surface area contributed by atoms with Crippen LogP contribution in [0.5, 0.6) is 0 Å². The van der Waals surface area contributed by atoms with Crippen molar-refractivity contribution in [1.82, 2.24) is 25.1 Å². The van der Waals surface area contributed by atoms with Gasteiger partial charge in [0.05, 0.1) is 17.8 Å². The summed E-state index contributed by atoms with van der Waals surface area (Å²) >= 11 is 0. The highest BCUT2D eigenvalue weighted by atomic mass is 16.3. The van der Waals surface area contributed by atoms with Crippen LogP contribution in [0.15, 0.2) is 18.5 Å². The summed E-state index contributed by atoms with van der Waals surface area (Å²) < 4.78 is 1.86. The largest absolute Gasteiger partial charge is 0.386 e. The molecule has 26 heavy (non-hydrogen) atoms. The van der Waals surface area contributed by atoms with Gasteiger partial charge in [0.15, 0.2) is 0 Å². The number of nitrogens with zero attached hydrogens (tertiary/aromatic N) is 5. The number of anilines is 1. The number of hydrogen-bond donors (Lipinski definition) is 2. The van der Waals surface area contributed by atoms with Crippen LogP contribution < -0.4 is 10.2 Å². The van der Waals surface area contributed by atoms with E-state index < -0.39 is 5.60 Å². The standard InChI is InChI=1S/C18H26N6O2/c1-4-9-24-14(3)15(13(2)22-24)16(25)21-11-18(26)6-10-23(12-18)17-19-7-5-8-20-17/h5,7-8,26H,4,6,9-12H2,1-3H3,(H,21,25)/t18-/m0/s1. The molecule has 3 rings (SSSR count). The first-order valence-electron chi connectivity index (χ1n) is 9.00. The summed E-state index contributed by atoms with van der Waals surface area (Å²) in [6.45, 7) is 7.85. The van der Waals surface area contributed by atoms with Crippen molar-refractivity contribution < 1.29 is 9.90 Å². The number of hydrogen-bond acceptors (Lipinski definition) is 6. The van der Waals surface area contributed by atoms with Crippen LogP contribution >= 0.6 is 0 Å². The van der Waals surface area contributed by atoms with Crippen molar-refractivity contribution in [2.24, 2.45) is 0 Å². The van der Waals surface area contributed by atoms with E-state index >= 15 is 0 Å². The van der Waals surface area contributed by atoms with Gasteiger partial charge in [-0.3, -0.25) is 9.48 Å². The minimum Gasteiger partial charge on any atom is -0.386 e. The van der Waals surface area contributed by atoms with E-state index in [1.807, 2.05) is 23.4 Å². The molecule has 3 heterocycles. The predicted octanol–water partition coefficient (Wildman–Crippen LogP) is 1.07. The molecule has 1 amide bonds. The van der Waals surface area contributed by atoms with E-state index in [2.05, 4.69) is 27.3 Å². The third-order valence-electron chi connectivity index (χ3n) is 4.79. The Morgan fingerprint density at radius 3 is 2.77 bits per heavy atom. The smallest absolute Gasteiger partial charge is 0.255 e. The van der Waals surface area contributed by atoms with E-state index in [1.165, 1.54) is 0 Å². The van der Waals surface area contributed by atoms with Gasteiger partial charge >= 0.3 is 0 Å². The van der Waals surface area contributed by atoms with Crippen molar-refractivity contribution in [2.75, 3.05) is 24.5 Å². The molecule has 2 aromatic heterocycles. The SMILES string of the molecule is CCCn1nc(C)c(C(=O)NC[C@@]2(O)CCN(c3ncccn3)C2)c1C. The first kappa shape index (κ1) is 18.3. The molecular weight excluding hydrogens is 332 g/mol. The van der Waals surface area contributed by atoms with Crippen LogP contribution in [0.25, 0.3) is 0 Å². The second-order valence-electron chi connectivity index (χ2n) is 6.90. The summed E-state index contributed by atoms with van der Waals surface area (Å²) in [6.07, 6.45) is 4.88. The summed E-state index contributed by atoms with van der Waals surface area (Å²) in [5.74, 6) is 0.410. The highest BCUT2D eigenvalue weighted by molar-refractivity contribution is 5.96. The lowest BCUT2D eigenvalue weighted by Gasteiger charge is -2.23. The zero-order valence-electron chi connectivity index (χ0n) is 15.6. The zero-order valence-corrected chi connectivity index (χ0v) is 15.6. The minimum absolute atomic E-state index is 0.188. The fourth-order valence-electron chi connectivity index (χ4n) is 3.41. The summed E-state index contributed by atoms with van der Waals surface area (Å²) in [5, 5.41) is 18.1. The van der Waals surface area contributed by atoms with Gasteiger partial charge in [-0.15, -0.1) is 0 Å². The highest BCUT2D eigenvalue weighted by Crippen LogP contribution is 2.24. The summed E-state index contributed by atoms with van der Waals surface area (Å²) in [6, 6.07) is 1.76. The number of carbonyl (C=O) groups is 1. The molecule has 0 radical (unpaired) electrons. The molecule has 8 nitrogen and oxygen atoms in total. The Bertz CT molecular complexity index is 775. The van der Waals surface area contributed by atoms with Crippen molar-refractivity contribution >= 4 is 11.9 Å². The van der Waals surface area contributed by atoms with E-state index in [0.29, 0.717) is 36.7 Å². The van der Waals surface area contributed by atoms with Gasteiger partial charge in [0.25, 0.3) is 5.91 Å². The van der Waals surface area contributed by atoms with Gasteiger partial charge in [-0.05, 0) is 32.8 Å². The average molecular weight is 358 g/mol.